The first-order valence-corrected chi connectivity index (χ1v) is 8.29. The minimum absolute atomic E-state index is 0.739. The first kappa shape index (κ1) is 11.3. The molecule has 0 aliphatic carbocycles. The highest BCUT2D eigenvalue weighted by atomic mass is 32.9. The standard InChI is InChI=1S/C4H11O2PS3/c1-2-9-3-4-10-7(5,6)8/h2-4H2,1H3,(H2,5,6,8). The van der Waals surface area contributed by atoms with Crippen molar-refractivity contribution in [3.63, 3.8) is 0 Å². The molecule has 0 rings (SSSR count). The van der Waals surface area contributed by atoms with Gasteiger partial charge in [-0.25, -0.2) is 0 Å². The topological polar surface area (TPSA) is 40.5 Å². The van der Waals surface area contributed by atoms with Gasteiger partial charge in [-0.3, -0.25) is 0 Å². The van der Waals surface area contributed by atoms with Gasteiger partial charge >= 0.3 is 0 Å². The lowest BCUT2D eigenvalue weighted by Crippen LogP contribution is -1.83. The van der Waals surface area contributed by atoms with Crippen LogP contribution in [0.3, 0.4) is 0 Å². The van der Waals surface area contributed by atoms with Crippen LogP contribution in [0.2, 0.25) is 0 Å². The van der Waals surface area contributed by atoms with Crippen LogP contribution in [0.1, 0.15) is 6.92 Å². The van der Waals surface area contributed by atoms with E-state index < -0.39 is 5.69 Å². The Morgan fingerprint density at radius 3 is 2.40 bits per heavy atom. The van der Waals surface area contributed by atoms with Crippen molar-refractivity contribution in [2.45, 2.75) is 6.92 Å². The molecule has 0 bridgehead atoms. The summed E-state index contributed by atoms with van der Waals surface area (Å²) in [5.74, 6) is 2.75. The third-order valence-corrected chi connectivity index (χ3v) is 5.08. The van der Waals surface area contributed by atoms with E-state index in [1.165, 1.54) is 0 Å². The van der Waals surface area contributed by atoms with Gasteiger partial charge in [-0.1, -0.05) is 18.3 Å². The van der Waals surface area contributed by atoms with E-state index in [1.807, 2.05) is 0 Å². The molecule has 0 aliphatic heterocycles. The summed E-state index contributed by atoms with van der Waals surface area (Å²) in [6.07, 6.45) is 0. The maximum absolute atomic E-state index is 8.75. The predicted molar refractivity (Wildman–Crippen MR) is 54.2 cm³/mol. The van der Waals surface area contributed by atoms with Crippen LogP contribution in [-0.2, 0) is 11.8 Å². The molecular formula is C4H11O2PS3. The second kappa shape index (κ2) is 5.86. The van der Waals surface area contributed by atoms with E-state index in [0.29, 0.717) is 0 Å². The molecule has 6 heteroatoms. The fraction of sp³-hybridized carbons (Fsp3) is 1.00. The average molecular weight is 218 g/mol. The zero-order chi connectivity index (χ0) is 8.04. The van der Waals surface area contributed by atoms with Crippen molar-refractivity contribution in [2.24, 2.45) is 0 Å². The van der Waals surface area contributed by atoms with Crippen LogP contribution in [-0.4, -0.2) is 27.0 Å². The molecule has 0 saturated heterocycles. The molecular weight excluding hydrogens is 207 g/mol. The number of hydrogen-bond donors (Lipinski definition) is 2. The van der Waals surface area contributed by atoms with Gasteiger partial charge in [0.15, 0.2) is 0 Å². The van der Waals surface area contributed by atoms with Gasteiger partial charge in [0.25, 0.3) is 0 Å². The summed E-state index contributed by atoms with van der Waals surface area (Å²) in [6.45, 7) is 2.07. The van der Waals surface area contributed by atoms with Crippen LogP contribution >= 0.6 is 28.8 Å². The van der Waals surface area contributed by atoms with Crippen molar-refractivity contribution in [2.75, 3.05) is 17.3 Å². The third-order valence-electron chi connectivity index (χ3n) is 0.691. The molecule has 0 aliphatic rings. The lowest BCUT2D eigenvalue weighted by molar-refractivity contribution is 0.502. The van der Waals surface area contributed by atoms with Gasteiger partial charge in [-0.05, 0) is 17.6 Å². The summed E-state index contributed by atoms with van der Waals surface area (Å²) in [5, 5.41) is 0. The van der Waals surface area contributed by atoms with Gasteiger partial charge in [0.1, 0.15) is 0 Å². The molecule has 0 radical (unpaired) electrons. The summed E-state index contributed by atoms with van der Waals surface area (Å²) in [5.41, 5.74) is -2.97. The number of thioether (sulfide) groups is 1. The van der Waals surface area contributed by atoms with Crippen LogP contribution in [0.25, 0.3) is 0 Å². The molecule has 0 fully saturated rings. The van der Waals surface area contributed by atoms with E-state index >= 15 is 0 Å². The van der Waals surface area contributed by atoms with Crippen molar-refractivity contribution in [1.82, 2.24) is 0 Å². The van der Waals surface area contributed by atoms with Gasteiger partial charge in [-0.2, -0.15) is 11.8 Å². The second-order valence-corrected chi connectivity index (χ2v) is 9.09. The molecule has 62 valence electrons. The molecule has 2 nitrogen and oxygen atoms in total. The van der Waals surface area contributed by atoms with Crippen molar-refractivity contribution < 1.29 is 9.79 Å². The molecule has 0 heterocycles. The number of hydrogen-bond acceptors (Lipinski definition) is 3. The molecule has 0 spiro atoms. The van der Waals surface area contributed by atoms with Crippen LogP contribution in [0.5, 0.6) is 0 Å². The molecule has 0 aromatic carbocycles. The van der Waals surface area contributed by atoms with Crippen LogP contribution in [0.4, 0.5) is 0 Å². The second-order valence-electron chi connectivity index (χ2n) is 1.52. The minimum Gasteiger partial charge on any atom is -0.338 e. The maximum Gasteiger partial charge on any atom is 0.242 e. The normalized spacial score (nSPS) is 11.9. The highest BCUT2D eigenvalue weighted by Gasteiger charge is 2.05. The average Bonchev–Trinajstić information content (AvgIpc) is 1.78. The molecule has 0 unspecified atom stereocenters. The fourth-order valence-electron chi connectivity index (χ4n) is 0.359. The highest BCUT2D eigenvalue weighted by molar-refractivity contribution is 8.67. The monoisotopic (exact) mass is 218 g/mol. The van der Waals surface area contributed by atoms with Gasteiger partial charge in [-0.15, -0.1) is 0 Å². The Hall–Kier alpha value is 1.27. The van der Waals surface area contributed by atoms with Crippen LogP contribution in [0, 0.1) is 0 Å². The zero-order valence-corrected chi connectivity index (χ0v) is 9.03. The molecule has 0 atom stereocenters. The SMILES string of the molecule is CCSCCSP(O)(O)=S. The fourth-order valence-corrected chi connectivity index (χ4v) is 3.71. The van der Waals surface area contributed by atoms with Gasteiger partial charge in [0, 0.05) is 11.5 Å². The van der Waals surface area contributed by atoms with Crippen molar-refractivity contribution >= 4 is 40.6 Å². The minimum atomic E-state index is -2.97. The number of rotatable bonds is 5. The third kappa shape index (κ3) is 9.27. The molecule has 2 N–H and O–H groups in total. The van der Waals surface area contributed by atoms with Crippen LogP contribution < -0.4 is 0 Å². The first-order chi connectivity index (χ1) is 4.56. The predicted octanol–water partition coefficient (Wildman–Crippen LogP) is 1.68. The van der Waals surface area contributed by atoms with E-state index in [4.69, 9.17) is 9.79 Å². The summed E-state index contributed by atoms with van der Waals surface area (Å²) in [7, 11) is 0. The van der Waals surface area contributed by atoms with Gasteiger partial charge < -0.3 is 9.79 Å². The Labute approximate surface area is 74.7 Å². The van der Waals surface area contributed by atoms with Crippen LogP contribution in [0.15, 0.2) is 0 Å². The quantitative estimate of drug-likeness (QED) is 0.543. The van der Waals surface area contributed by atoms with Gasteiger partial charge in [0.05, 0.1) is 0 Å². The summed E-state index contributed by atoms with van der Waals surface area (Å²) < 4.78 is 0. The summed E-state index contributed by atoms with van der Waals surface area (Å²) in [6, 6.07) is 0. The molecule has 10 heavy (non-hydrogen) atoms. The van der Waals surface area contributed by atoms with Crippen molar-refractivity contribution in [3.8, 4) is 0 Å². The Kier molecular flexibility index (Phi) is 6.61. The highest BCUT2D eigenvalue weighted by Crippen LogP contribution is 2.50. The zero-order valence-electron chi connectivity index (χ0n) is 5.69. The van der Waals surface area contributed by atoms with E-state index in [1.54, 1.807) is 11.8 Å². The van der Waals surface area contributed by atoms with E-state index in [9.17, 15) is 0 Å². The molecule has 0 amide bonds. The van der Waals surface area contributed by atoms with E-state index in [2.05, 4.69) is 18.7 Å². The Morgan fingerprint density at radius 2 is 2.00 bits per heavy atom. The van der Waals surface area contributed by atoms with Crippen molar-refractivity contribution in [3.05, 3.63) is 0 Å². The molecule has 0 aromatic rings. The Balaban J connectivity index is 3.13. The largest absolute Gasteiger partial charge is 0.338 e. The van der Waals surface area contributed by atoms with Crippen molar-refractivity contribution in [1.29, 1.82) is 0 Å². The lowest BCUT2D eigenvalue weighted by atomic mass is 10.9. The lowest BCUT2D eigenvalue weighted by Gasteiger charge is -2.04. The van der Waals surface area contributed by atoms with Gasteiger partial charge in [0.2, 0.25) is 5.69 Å². The van der Waals surface area contributed by atoms with E-state index in [0.717, 1.165) is 28.6 Å². The summed E-state index contributed by atoms with van der Waals surface area (Å²) in [4.78, 5) is 17.5. The first-order valence-electron chi connectivity index (χ1n) is 2.84. The Bertz CT molecular complexity index is 124. The smallest absolute Gasteiger partial charge is 0.242 e. The Morgan fingerprint density at radius 1 is 1.40 bits per heavy atom. The maximum atomic E-state index is 8.75. The summed E-state index contributed by atoms with van der Waals surface area (Å²) >= 11 is 7.28. The van der Waals surface area contributed by atoms with E-state index in [-0.39, 0.29) is 0 Å². The molecule has 0 aromatic heterocycles. The molecule has 0 saturated carbocycles.